The Balaban J connectivity index is 2.45. The third-order valence-electron chi connectivity index (χ3n) is 2.67. The smallest absolute Gasteiger partial charge is 0.366 e. The molecule has 4 heteroatoms. The molecule has 1 aliphatic heterocycles. The Hall–Kier alpha value is -1.71. The Bertz CT molecular complexity index is 472. The fourth-order valence-corrected chi connectivity index (χ4v) is 1.90. The lowest BCUT2D eigenvalue weighted by Gasteiger charge is -2.19. The van der Waals surface area contributed by atoms with Crippen LogP contribution in [0, 0.1) is 0 Å². The van der Waals surface area contributed by atoms with E-state index in [1.165, 1.54) is 12.1 Å². The molecule has 0 spiro atoms. The van der Waals surface area contributed by atoms with Gasteiger partial charge in [0.05, 0.1) is 5.56 Å². The van der Waals surface area contributed by atoms with Crippen LogP contribution in [0.25, 0.3) is 0 Å². The normalized spacial score (nSPS) is 19.8. The van der Waals surface area contributed by atoms with Crippen molar-refractivity contribution in [2.75, 3.05) is 0 Å². The van der Waals surface area contributed by atoms with Crippen molar-refractivity contribution in [3.63, 3.8) is 0 Å². The molecule has 1 aromatic carbocycles. The average molecular weight is 239 g/mol. The lowest BCUT2D eigenvalue weighted by Crippen LogP contribution is -2.14. The Labute approximate surface area is 97.6 Å². The lowest BCUT2D eigenvalue weighted by atomic mass is 9.92. The summed E-state index contributed by atoms with van der Waals surface area (Å²) >= 11 is 0. The van der Waals surface area contributed by atoms with Crippen LogP contribution in [0.1, 0.15) is 24.0 Å². The minimum absolute atomic E-state index is 0.289. The first-order chi connectivity index (χ1) is 7.98. The number of alkyl halides is 3. The van der Waals surface area contributed by atoms with Gasteiger partial charge in [-0.25, -0.2) is 0 Å². The molecule has 1 aliphatic rings. The third kappa shape index (κ3) is 2.52. The van der Waals surface area contributed by atoms with Gasteiger partial charge < -0.3 is 5.32 Å². The first kappa shape index (κ1) is 11.8. The number of hydrogen-bond acceptors (Lipinski definition) is 1. The molecule has 1 heterocycles. The highest BCUT2D eigenvalue weighted by Crippen LogP contribution is 2.36. The molecule has 0 bridgehead atoms. The summed E-state index contributed by atoms with van der Waals surface area (Å²) in [4.78, 5) is 0. The number of benzene rings is 1. The van der Waals surface area contributed by atoms with Gasteiger partial charge in [-0.15, -0.1) is 0 Å². The molecule has 1 atom stereocenters. The van der Waals surface area contributed by atoms with E-state index in [4.69, 9.17) is 0 Å². The number of allylic oxidation sites excluding steroid dienone is 3. The predicted molar refractivity (Wildman–Crippen MR) is 60.2 cm³/mol. The highest BCUT2D eigenvalue weighted by Gasteiger charge is 2.34. The van der Waals surface area contributed by atoms with Crippen LogP contribution in [0.5, 0.6) is 0 Å². The molecule has 1 unspecified atom stereocenters. The summed E-state index contributed by atoms with van der Waals surface area (Å²) in [6.07, 6.45) is 0.867. The van der Waals surface area contributed by atoms with Crippen LogP contribution in [-0.2, 0) is 6.18 Å². The van der Waals surface area contributed by atoms with Crippen LogP contribution in [0.15, 0.2) is 48.3 Å². The second-order valence-corrected chi connectivity index (χ2v) is 3.96. The maximum Gasteiger partial charge on any atom is 0.416 e. The Morgan fingerprint density at radius 1 is 1.18 bits per heavy atom. The zero-order chi connectivity index (χ0) is 12.5. The number of dihydropyridines is 1. The molecule has 1 aromatic rings. The van der Waals surface area contributed by atoms with Crippen molar-refractivity contribution in [2.24, 2.45) is 0 Å². The van der Waals surface area contributed by atoms with Gasteiger partial charge in [-0.2, -0.15) is 13.2 Å². The Morgan fingerprint density at radius 2 is 1.88 bits per heavy atom. The number of hydrogen-bond donors (Lipinski definition) is 1. The second kappa shape index (κ2) is 4.28. The number of rotatable bonds is 1. The first-order valence-electron chi connectivity index (χ1n) is 5.26. The van der Waals surface area contributed by atoms with Gasteiger partial charge in [-0.1, -0.05) is 30.4 Å². The molecule has 0 aromatic heterocycles. The summed E-state index contributed by atoms with van der Waals surface area (Å²) in [7, 11) is 0. The predicted octanol–water partition coefficient (Wildman–Crippen LogP) is 3.81. The van der Waals surface area contributed by atoms with Gasteiger partial charge in [0.1, 0.15) is 0 Å². The number of halogens is 3. The van der Waals surface area contributed by atoms with Crippen molar-refractivity contribution >= 4 is 0 Å². The molecule has 90 valence electrons. The van der Waals surface area contributed by atoms with Crippen LogP contribution in [0.2, 0.25) is 0 Å². The minimum Gasteiger partial charge on any atom is -0.366 e. The summed E-state index contributed by atoms with van der Waals surface area (Å²) in [6.45, 7) is 1.83. The SMILES string of the molecule is CC1=CC(c2ccccc2C(F)(F)F)C=CN1. The molecule has 1 nitrogen and oxygen atoms in total. The van der Waals surface area contributed by atoms with Crippen molar-refractivity contribution in [1.82, 2.24) is 5.32 Å². The molecule has 0 amide bonds. The van der Waals surface area contributed by atoms with Crippen LogP contribution in [0.3, 0.4) is 0 Å². The van der Waals surface area contributed by atoms with E-state index in [-0.39, 0.29) is 11.5 Å². The summed E-state index contributed by atoms with van der Waals surface area (Å²) in [6, 6.07) is 5.68. The molecule has 0 aliphatic carbocycles. The second-order valence-electron chi connectivity index (χ2n) is 3.96. The van der Waals surface area contributed by atoms with E-state index in [0.29, 0.717) is 0 Å². The Kier molecular flexibility index (Phi) is 2.96. The fraction of sp³-hybridized carbons (Fsp3) is 0.231. The summed E-state index contributed by atoms with van der Waals surface area (Å²) in [5, 5.41) is 2.94. The van der Waals surface area contributed by atoms with E-state index in [0.717, 1.165) is 11.8 Å². The maximum atomic E-state index is 12.8. The summed E-state index contributed by atoms with van der Waals surface area (Å²) in [5.74, 6) is -0.325. The van der Waals surface area contributed by atoms with E-state index >= 15 is 0 Å². The molecule has 0 saturated heterocycles. The monoisotopic (exact) mass is 239 g/mol. The molecule has 0 radical (unpaired) electrons. The van der Waals surface area contributed by atoms with E-state index in [2.05, 4.69) is 5.32 Å². The molecule has 2 rings (SSSR count). The van der Waals surface area contributed by atoms with Crippen molar-refractivity contribution in [1.29, 1.82) is 0 Å². The van der Waals surface area contributed by atoms with Crippen LogP contribution in [0.4, 0.5) is 13.2 Å². The highest BCUT2D eigenvalue weighted by molar-refractivity contribution is 5.39. The van der Waals surface area contributed by atoms with E-state index < -0.39 is 11.7 Å². The quantitative estimate of drug-likeness (QED) is 0.785. The third-order valence-corrected chi connectivity index (χ3v) is 2.67. The maximum absolute atomic E-state index is 12.8. The van der Waals surface area contributed by atoms with E-state index in [9.17, 15) is 13.2 Å². The lowest BCUT2D eigenvalue weighted by molar-refractivity contribution is -0.138. The van der Waals surface area contributed by atoms with E-state index in [1.54, 1.807) is 24.4 Å². The largest absolute Gasteiger partial charge is 0.416 e. The van der Waals surface area contributed by atoms with E-state index in [1.807, 2.05) is 6.92 Å². The van der Waals surface area contributed by atoms with Gasteiger partial charge >= 0.3 is 6.18 Å². The van der Waals surface area contributed by atoms with Crippen molar-refractivity contribution < 1.29 is 13.2 Å². The summed E-state index contributed by atoms with van der Waals surface area (Å²) in [5.41, 5.74) is 0.576. The van der Waals surface area contributed by atoms with Crippen LogP contribution in [-0.4, -0.2) is 0 Å². The zero-order valence-electron chi connectivity index (χ0n) is 9.25. The fourth-order valence-electron chi connectivity index (χ4n) is 1.90. The van der Waals surface area contributed by atoms with Gasteiger partial charge in [0.2, 0.25) is 0 Å². The topological polar surface area (TPSA) is 12.0 Å². The average Bonchev–Trinajstić information content (AvgIpc) is 2.28. The van der Waals surface area contributed by atoms with Crippen molar-refractivity contribution in [3.05, 3.63) is 59.4 Å². The van der Waals surface area contributed by atoms with Gasteiger partial charge in [-0.3, -0.25) is 0 Å². The van der Waals surface area contributed by atoms with Gasteiger partial charge in [0.15, 0.2) is 0 Å². The zero-order valence-corrected chi connectivity index (χ0v) is 9.25. The standard InChI is InChI=1S/C13H12F3N/c1-9-8-10(6-7-17-9)11-4-2-3-5-12(11)13(14,15)16/h2-8,10,17H,1H3. The molecule has 0 saturated carbocycles. The molecule has 1 N–H and O–H groups in total. The number of nitrogens with one attached hydrogen (secondary N) is 1. The Morgan fingerprint density at radius 3 is 2.53 bits per heavy atom. The molecular formula is C13H12F3N. The first-order valence-corrected chi connectivity index (χ1v) is 5.26. The molecule has 0 fully saturated rings. The van der Waals surface area contributed by atoms with Crippen molar-refractivity contribution in [3.8, 4) is 0 Å². The summed E-state index contributed by atoms with van der Waals surface area (Å²) < 4.78 is 38.5. The minimum atomic E-state index is -4.31. The van der Waals surface area contributed by atoms with Gasteiger partial charge in [0, 0.05) is 11.6 Å². The van der Waals surface area contributed by atoms with Crippen LogP contribution >= 0.6 is 0 Å². The highest BCUT2D eigenvalue weighted by atomic mass is 19.4. The van der Waals surface area contributed by atoms with Crippen LogP contribution < -0.4 is 5.32 Å². The van der Waals surface area contributed by atoms with Crippen molar-refractivity contribution in [2.45, 2.75) is 19.0 Å². The van der Waals surface area contributed by atoms with Gasteiger partial charge in [-0.05, 0) is 24.8 Å². The molecular weight excluding hydrogens is 227 g/mol. The molecule has 17 heavy (non-hydrogen) atoms. The van der Waals surface area contributed by atoms with Gasteiger partial charge in [0.25, 0.3) is 0 Å².